The molecule has 0 aliphatic carbocycles. The fourth-order valence-corrected chi connectivity index (χ4v) is 0.701. The summed E-state index contributed by atoms with van der Waals surface area (Å²) in [5.74, 6) is 0.179. The summed E-state index contributed by atoms with van der Waals surface area (Å²) in [6.07, 6.45) is -0.232. The average Bonchev–Trinajstić information content (AvgIpc) is 1.80. The second-order valence-electron chi connectivity index (χ2n) is 1.42. The Morgan fingerprint density at radius 2 is 2.10 bits per heavy atom. The summed E-state index contributed by atoms with van der Waals surface area (Å²) in [7, 11) is 0. The van der Waals surface area contributed by atoms with Crippen molar-refractivity contribution in [1.29, 1.82) is 0 Å². The highest BCUT2D eigenvalue weighted by molar-refractivity contribution is 8.00. The number of halogens is 4. The van der Waals surface area contributed by atoms with Gasteiger partial charge in [0.1, 0.15) is 5.03 Å². The smallest absolute Gasteiger partial charge is 0.165 e. The van der Waals surface area contributed by atoms with E-state index in [4.69, 9.17) is 11.6 Å². The van der Waals surface area contributed by atoms with Gasteiger partial charge in [0.2, 0.25) is 0 Å². The molecular formula is C5H5ClF3S. The van der Waals surface area contributed by atoms with Crippen LogP contribution in [0, 0.1) is 6.26 Å². The molecule has 0 aliphatic heterocycles. The van der Waals surface area contributed by atoms with Crippen molar-refractivity contribution in [2.75, 3.05) is 5.75 Å². The molecule has 0 rings (SSSR count). The summed E-state index contributed by atoms with van der Waals surface area (Å²) in [6.45, 7) is 0. The first-order chi connectivity index (χ1) is 4.48. The van der Waals surface area contributed by atoms with Crippen LogP contribution in [0.25, 0.3) is 0 Å². The van der Waals surface area contributed by atoms with Crippen molar-refractivity contribution in [1.82, 2.24) is 0 Å². The van der Waals surface area contributed by atoms with Crippen LogP contribution in [0.3, 0.4) is 0 Å². The first kappa shape index (κ1) is 10.2. The van der Waals surface area contributed by atoms with Gasteiger partial charge in [0.25, 0.3) is 0 Å². The minimum atomic E-state index is -4.41. The minimum absolute atomic E-state index is 0.179. The molecule has 5 heteroatoms. The molecule has 0 fully saturated rings. The highest BCUT2D eigenvalue weighted by Gasteiger charge is 2.31. The number of hydrogen-bond acceptors (Lipinski definition) is 1. The monoisotopic (exact) mass is 189 g/mol. The lowest BCUT2D eigenvalue weighted by Crippen LogP contribution is -2.06. The van der Waals surface area contributed by atoms with Gasteiger partial charge in [-0.3, -0.25) is 0 Å². The maximum Gasteiger partial charge on any atom is 0.426 e. The van der Waals surface area contributed by atoms with Crippen molar-refractivity contribution in [2.45, 2.75) is 6.18 Å². The van der Waals surface area contributed by atoms with Crippen LogP contribution in [0.2, 0.25) is 0 Å². The molecule has 0 saturated heterocycles. The molecule has 0 bridgehead atoms. The third-order valence-electron chi connectivity index (χ3n) is 0.651. The predicted molar refractivity (Wildman–Crippen MR) is 37.8 cm³/mol. The maximum atomic E-state index is 11.5. The SMILES string of the molecule is [CH2]SC/C=C(\Cl)C(F)(F)F. The van der Waals surface area contributed by atoms with Gasteiger partial charge in [-0.1, -0.05) is 17.7 Å². The normalized spacial score (nSPS) is 13.9. The third kappa shape index (κ3) is 4.06. The molecule has 0 atom stereocenters. The van der Waals surface area contributed by atoms with Gasteiger partial charge in [0, 0.05) is 12.0 Å². The lowest BCUT2D eigenvalue weighted by molar-refractivity contribution is -0.0846. The van der Waals surface area contributed by atoms with Crippen molar-refractivity contribution in [3.05, 3.63) is 17.4 Å². The van der Waals surface area contributed by atoms with E-state index in [0.29, 0.717) is 0 Å². The average molecular weight is 190 g/mol. The molecule has 10 heavy (non-hydrogen) atoms. The van der Waals surface area contributed by atoms with Crippen LogP contribution in [-0.4, -0.2) is 11.9 Å². The Hall–Kier alpha value is 0.170. The van der Waals surface area contributed by atoms with Gasteiger partial charge in [0.05, 0.1) is 0 Å². The largest absolute Gasteiger partial charge is 0.426 e. The van der Waals surface area contributed by atoms with Gasteiger partial charge in [-0.2, -0.15) is 24.9 Å². The van der Waals surface area contributed by atoms with Crippen molar-refractivity contribution in [2.24, 2.45) is 0 Å². The topological polar surface area (TPSA) is 0 Å². The second kappa shape index (κ2) is 4.13. The highest BCUT2D eigenvalue weighted by Crippen LogP contribution is 2.28. The lowest BCUT2D eigenvalue weighted by Gasteiger charge is -2.02. The summed E-state index contributed by atoms with van der Waals surface area (Å²) >= 11 is 5.87. The number of hydrogen-bond donors (Lipinski definition) is 0. The molecule has 0 aromatic carbocycles. The molecule has 0 spiro atoms. The van der Waals surface area contributed by atoms with E-state index in [0.717, 1.165) is 17.8 Å². The maximum absolute atomic E-state index is 11.5. The van der Waals surface area contributed by atoms with Crippen molar-refractivity contribution in [3.63, 3.8) is 0 Å². The van der Waals surface area contributed by atoms with Crippen LogP contribution in [-0.2, 0) is 0 Å². The van der Waals surface area contributed by atoms with Crippen LogP contribution < -0.4 is 0 Å². The molecular weight excluding hydrogens is 185 g/mol. The zero-order valence-corrected chi connectivity index (χ0v) is 6.48. The Kier molecular flexibility index (Phi) is 4.20. The first-order valence-corrected chi connectivity index (χ1v) is 3.81. The standard InChI is InChI=1S/C5H5ClF3S/c1-10-3-2-4(6)5(7,8)9/h2H,1,3H2/b4-2-. The van der Waals surface area contributed by atoms with Crippen LogP contribution in [0.5, 0.6) is 0 Å². The van der Waals surface area contributed by atoms with E-state index in [1.807, 2.05) is 0 Å². The van der Waals surface area contributed by atoms with E-state index in [9.17, 15) is 13.2 Å². The van der Waals surface area contributed by atoms with Gasteiger partial charge in [0.15, 0.2) is 0 Å². The first-order valence-electron chi connectivity index (χ1n) is 2.28. The van der Waals surface area contributed by atoms with Gasteiger partial charge in [-0.05, 0) is 0 Å². The predicted octanol–water partition coefficient (Wildman–Crippen LogP) is 3.20. The molecule has 1 radical (unpaired) electrons. The van der Waals surface area contributed by atoms with Crippen LogP contribution in [0.4, 0.5) is 13.2 Å². The van der Waals surface area contributed by atoms with Crippen LogP contribution >= 0.6 is 23.4 Å². The zero-order chi connectivity index (χ0) is 8.20. The molecule has 0 unspecified atom stereocenters. The lowest BCUT2D eigenvalue weighted by atomic mass is 10.5. The second-order valence-corrected chi connectivity index (χ2v) is 2.57. The van der Waals surface area contributed by atoms with E-state index < -0.39 is 11.2 Å². The Bertz CT molecular complexity index is 129. The Morgan fingerprint density at radius 1 is 1.60 bits per heavy atom. The van der Waals surface area contributed by atoms with E-state index in [1.54, 1.807) is 0 Å². The van der Waals surface area contributed by atoms with Crippen molar-refractivity contribution >= 4 is 23.4 Å². The number of allylic oxidation sites excluding steroid dienone is 1. The highest BCUT2D eigenvalue weighted by atomic mass is 35.5. The molecule has 0 heterocycles. The number of thioether (sulfide) groups is 1. The molecule has 0 amide bonds. The number of rotatable bonds is 2. The molecule has 0 N–H and O–H groups in total. The van der Waals surface area contributed by atoms with Gasteiger partial charge >= 0.3 is 6.18 Å². The summed E-state index contributed by atoms with van der Waals surface area (Å²) in [4.78, 5) is 0. The molecule has 0 aromatic rings. The fraction of sp³-hybridized carbons (Fsp3) is 0.400. The molecule has 59 valence electrons. The van der Waals surface area contributed by atoms with Gasteiger partial charge in [-0.15, -0.1) is 0 Å². The Balaban J connectivity index is 3.93. The number of alkyl halides is 3. The van der Waals surface area contributed by atoms with E-state index in [2.05, 4.69) is 6.26 Å². The van der Waals surface area contributed by atoms with Gasteiger partial charge in [-0.25, -0.2) is 0 Å². The van der Waals surface area contributed by atoms with Crippen LogP contribution in [0.1, 0.15) is 0 Å². The van der Waals surface area contributed by atoms with Crippen molar-refractivity contribution < 1.29 is 13.2 Å². The minimum Gasteiger partial charge on any atom is -0.165 e. The molecule has 0 saturated carbocycles. The van der Waals surface area contributed by atoms with E-state index in [-0.39, 0.29) is 5.75 Å². The third-order valence-corrected chi connectivity index (χ3v) is 1.42. The summed E-state index contributed by atoms with van der Waals surface area (Å²) in [6, 6.07) is 0. The quantitative estimate of drug-likeness (QED) is 0.643. The molecule has 0 nitrogen and oxygen atoms in total. The summed E-state index contributed by atoms with van der Waals surface area (Å²) in [5.41, 5.74) is 0. The Labute approximate surface area is 66.4 Å². The fourth-order valence-electron chi connectivity index (χ4n) is 0.248. The molecule has 0 aliphatic rings. The summed E-state index contributed by atoms with van der Waals surface area (Å²) < 4.78 is 34.6. The van der Waals surface area contributed by atoms with Crippen molar-refractivity contribution in [3.8, 4) is 0 Å². The van der Waals surface area contributed by atoms with E-state index in [1.165, 1.54) is 0 Å². The zero-order valence-electron chi connectivity index (χ0n) is 4.91. The summed E-state index contributed by atoms with van der Waals surface area (Å²) in [5, 5.41) is -1.08. The molecule has 0 aromatic heterocycles. The van der Waals surface area contributed by atoms with Gasteiger partial charge < -0.3 is 0 Å². The van der Waals surface area contributed by atoms with E-state index >= 15 is 0 Å². The van der Waals surface area contributed by atoms with Crippen LogP contribution in [0.15, 0.2) is 11.1 Å². The Morgan fingerprint density at radius 3 is 2.40 bits per heavy atom.